The minimum absolute atomic E-state index is 0.0308. The summed E-state index contributed by atoms with van der Waals surface area (Å²) < 4.78 is 43.2. The Morgan fingerprint density at radius 3 is 2.60 bits per heavy atom. The number of aromatic nitrogens is 1. The minimum Gasteiger partial charge on any atom is -0.381 e. The Hall–Kier alpha value is -1.63. The molecule has 1 aliphatic heterocycles. The maximum Gasteiger partial charge on any atom is 0.406 e. The molecule has 7 heteroatoms. The molecule has 1 aromatic heterocycles. The molecule has 0 radical (unpaired) electrons. The molecule has 2 rings (SSSR count). The molecule has 0 aromatic carbocycles. The molecule has 20 heavy (non-hydrogen) atoms. The van der Waals surface area contributed by atoms with Crippen LogP contribution < -0.4 is 0 Å². The third kappa shape index (κ3) is 3.93. The number of ether oxygens (including phenoxy) is 1. The van der Waals surface area contributed by atoms with Crippen LogP contribution in [0.3, 0.4) is 0 Å². The van der Waals surface area contributed by atoms with Gasteiger partial charge in [0.05, 0.1) is 0 Å². The number of rotatable bonds is 3. The first-order valence-corrected chi connectivity index (χ1v) is 6.34. The molecule has 0 N–H and O–H groups in total. The fraction of sp³-hybridized carbons (Fsp3) is 0.538. The van der Waals surface area contributed by atoms with E-state index in [1.807, 2.05) is 0 Å². The topological polar surface area (TPSA) is 42.4 Å². The highest BCUT2D eigenvalue weighted by molar-refractivity contribution is 5.92. The summed E-state index contributed by atoms with van der Waals surface area (Å²) in [4.78, 5) is 16.9. The van der Waals surface area contributed by atoms with Crippen LogP contribution in [0.15, 0.2) is 24.4 Å². The molecule has 1 fully saturated rings. The van der Waals surface area contributed by atoms with E-state index >= 15 is 0 Å². The van der Waals surface area contributed by atoms with Gasteiger partial charge in [-0.1, -0.05) is 6.07 Å². The van der Waals surface area contributed by atoms with E-state index in [1.54, 1.807) is 12.1 Å². The zero-order valence-electron chi connectivity index (χ0n) is 10.8. The predicted molar refractivity (Wildman–Crippen MR) is 65.2 cm³/mol. The average Bonchev–Trinajstić information content (AvgIpc) is 2.45. The summed E-state index contributed by atoms with van der Waals surface area (Å²) in [7, 11) is 0. The van der Waals surface area contributed by atoms with Crippen LogP contribution in [0.25, 0.3) is 0 Å². The van der Waals surface area contributed by atoms with Crippen molar-refractivity contribution in [2.45, 2.75) is 25.1 Å². The molecule has 1 aliphatic rings. The van der Waals surface area contributed by atoms with Gasteiger partial charge in [0, 0.05) is 25.5 Å². The van der Waals surface area contributed by atoms with Gasteiger partial charge in [0.25, 0.3) is 5.91 Å². The molecule has 0 bridgehead atoms. The third-order valence-corrected chi connectivity index (χ3v) is 3.13. The first kappa shape index (κ1) is 14.8. The Labute approximate surface area is 114 Å². The van der Waals surface area contributed by atoms with Gasteiger partial charge in [-0.15, -0.1) is 0 Å². The molecule has 2 heterocycles. The van der Waals surface area contributed by atoms with E-state index in [1.165, 1.54) is 12.3 Å². The Bertz CT molecular complexity index is 445. The number of carbonyl (C=O) groups excluding carboxylic acids is 1. The van der Waals surface area contributed by atoms with Gasteiger partial charge in [-0.2, -0.15) is 13.2 Å². The molecule has 0 unspecified atom stereocenters. The van der Waals surface area contributed by atoms with Crippen LogP contribution in [0.2, 0.25) is 0 Å². The molecule has 1 saturated heterocycles. The van der Waals surface area contributed by atoms with Crippen molar-refractivity contribution in [2.24, 2.45) is 0 Å². The summed E-state index contributed by atoms with van der Waals surface area (Å²) >= 11 is 0. The smallest absolute Gasteiger partial charge is 0.381 e. The molecule has 0 spiro atoms. The average molecular weight is 288 g/mol. The molecular formula is C13H15F3N2O2. The lowest BCUT2D eigenvalue weighted by Gasteiger charge is -2.34. The highest BCUT2D eigenvalue weighted by atomic mass is 19.4. The van der Waals surface area contributed by atoms with Crippen LogP contribution in [0.1, 0.15) is 23.3 Å². The SMILES string of the molecule is O=C(c1ccccn1)N(CC(F)(F)F)C1CCOCC1. The Morgan fingerprint density at radius 1 is 1.35 bits per heavy atom. The van der Waals surface area contributed by atoms with Gasteiger partial charge in [0.15, 0.2) is 0 Å². The van der Waals surface area contributed by atoms with Crippen molar-refractivity contribution in [2.75, 3.05) is 19.8 Å². The van der Waals surface area contributed by atoms with Crippen molar-refractivity contribution in [3.05, 3.63) is 30.1 Å². The number of amides is 1. The van der Waals surface area contributed by atoms with Crippen molar-refractivity contribution >= 4 is 5.91 Å². The van der Waals surface area contributed by atoms with Crippen molar-refractivity contribution in [1.82, 2.24) is 9.88 Å². The first-order chi connectivity index (χ1) is 9.47. The van der Waals surface area contributed by atoms with Crippen molar-refractivity contribution in [1.29, 1.82) is 0 Å². The number of hydrogen-bond donors (Lipinski definition) is 0. The standard InChI is InChI=1S/C13H15F3N2O2/c14-13(15,16)9-18(10-4-7-20-8-5-10)12(19)11-3-1-2-6-17-11/h1-3,6,10H,4-5,7-9H2. The van der Waals surface area contributed by atoms with Gasteiger partial charge < -0.3 is 9.64 Å². The molecule has 0 aliphatic carbocycles. The minimum atomic E-state index is -4.43. The number of alkyl halides is 3. The molecule has 1 aromatic rings. The van der Waals surface area contributed by atoms with Gasteiger partial charge in [0.2, 0.25) is 0 Å². The van der Waals surface area contributed by atoms with Crippen molar-refractivity contribution < 1.29 is 22.7 Å². The Morgan fingerprint density at radius 2 is 2.05 bits per heavy atom. The van der Waals surface area contributed by atoms with E-state index < -0.39 is 24.7 Å². The Kier molecular flexibility index (Phi) is 4.59. The maximum absolute atomic E-state index is 12.7. The van der Waals surface area contributed by atoms with E-state index in [2.05, 4.69) is 4.98 Å². The second-order valence-corrected chi connectivity index (χ2v) is 4.61. The predicted octanol–water partition coefficient (Wildman–Crippen LogP) is 2.27. The molecule has 0 atom stereocenters. The highest BCUT2D eigenvalue weighted by Crippen LogP contribution is 2.23. The monoisotopic (exact) mass is 288 g/mol. The first-order valence-electron chi connectivity index (χ1n) is 6.34. The van der Waals surface area contributed by atoms with E-state index in [9.17, 15) is 18.0 Å². The second kappa shape index (κ2) is 6.21. The van der Waals surface area contributed by atoms with Gasteiger partial charge in [-0.05, 0) is 25.0 Å². The van der Waals surface area contributed by atoms with Crippen LogP contribution in [0.4, 0.5) is 13.2 Å². The van der Waals surface area contributed by atoms with Gasteiger partial charge >= 0.3 is 6.18 Å². The van der Waals surface area contributed by atoms with E-state index in [0.29, 0.717) is 26.1 Å². The lowest BCUT2D eigenvalue weighted by molar-refractivity contribution is -0.147. The summed E-state index contributed by atoms with van der Waals surface area (Å²) in [6.07, 6.45) is -2.21. The fourth-order valence-corrected chi connectivity index (χ4v) is 2.19. The van der Waals surface area contributed by atoms with Crippen LogP contribution in [0, 0.1) is 0 Å². The zero-order chi connectivity index (χ0) is 14.6. The summed E-state index contributed by atoms with van der Waals surface area (Å²) in [6.45, 7) is -0.518. The molecular weight excluding hydrogens is 273 g/mol. The summed E-state index contributed by atoms with van der Waals surface area (Å²) in [5, 5.41) is 0. The van der Waals surface area contributed by atoms with Gasteiger partial charge in [0.1, 0.15) is 12.2 Å². The molecule has 0 saturated carbocycles. The zero-order valence-corrected chi connectivity index (χ0v) is 10.8. The highest BCUT2D eigenvalue weighted by Gasteiger charge is 2.37. The van der Waals surface area contributed by atoms with Gasteiger partial charge in [-0.3, -0.25) is 9.78 Å². The van der Waals surface area contributed by atoms with E-state index in [0.717, 1.165) is 4.90 Å². The summed E-state index contributed by atoms with van der Waals surface area (Å²) in [5.74, 6) is -0.685. The molecule has 4 nitrogen and oxygen atoms in total. The number of carbonyl (C=O) groups is 1. The van der Waals surface area contributed by atoms with Crippen molar-refractivity contribution in [3.63, 3.8) is 0 Å². The quantitative estimate of drug-likeness (QED) is 0.857. The van der Waals surface area contributed by atoms with E-state index in [-0.39, 0.29) is 5.69 Å². The van der Waals surface area contributed by atoms with E-state index in [4.69, 9.17) is 4.74 Å². The summed E-state index contributed by atoms with van der Waals surface area (Å²) in [5.41, 5.74) is 0.0308. The Balaban J connectivity index is 2.19. The molecule has 1 amide bonds. The normalized spacial score (nSPS) is 16.9. The number of nitrogens with zero attached hydrogens (tertiary/aromatic N) is 2. The molecule has 110 valence electrons. The van der Waals surface area contributed by atoms with Crippen LogP contribution in [-0.4, -0.2) is 47.8 Å². The van der Waals surface area contributed by atoms with Gasteiger partial charge in [-0.25, -0.2) is 0 Å². The summed E-state index contributed by atoms with van der Waals surface area (Å²) in [6, 6.07) is 4.15. The van der Waals surface area contributed by atoms with Crippen LogP contribution in [-0.2, 0) is 4.74 Å². The largest absolute Gasteiger partial charge is 0.406 e. The number of pyridine rings is 1. The third-order valence-electron chi connectivity index (χ3n) is 3.13. The second-order valence-electron chi connectivity index (χ2n) is 4.61. The van der Waals surface area contributed by atoms with Crippen LogP contribution >= 0.6 is 0 Å². The number of hydrogen-bond acceptors (Lipinski definition) is 3. The lowest BCUT2D eigenvalue weighted by Crippen LogP contribution is -2.48. The fourth-order valence-electron chi connectivity index (χ4n) is 2.19. The van der Waals surface area contributed by atoms with Crippen LogP contribution in [0.5, 0.6) is 0 Å². The number of halogens is 3. The lowest BCUT2D eigenvalue weighted by atomic mass is 10.1. The van der Waals surface area contributed by atoms with Crippen molar-refractivity contribution in [3.8, 4) is 0 Å². The maximum atomic E-state index is 12.7.